The van der Waals surface area contributed by atoms with Gasteiger partial charge in [-0.1, -0.05) is 72.1 Å². The molecule has 0 aliphatic heterocycles. The second kappa shape index (κ2) is 8.96. The molecule has 1 saturated carbocycles. The Balaban J connectivity index is 2.01. The maximum Gasteiger partial charge on any atom is 0.00106 e. The molecule has 1 nitrogen and oxygen atoms in total. The summed E-state index contributed by atoms with van der Waals surface area (Å²) in [6.45, 7) is 8.09. The van der Waals surface area contributed by atoms with Gasteiger partial charge in [-0.15, -0.1) is 0 Å². The molecule has 108 valence electrons. The largest absolute Gasteiger partial charge is 0.314 e. The third-order valence-corrected chi connectivity index (χ3v) is 4.61. The second-order valence-electron chi connectivity index (χ2n) is 6.76. The van der Waals surface area contributed by atoms with E-state index < -0.39 is 0 Å². The van der Waals surface area contributed by atoms with Crippen molar-refractivity contribution in [2.24, 2.45) is 5.41 Å². The molecule has 0 heterocycles. The van der Waals surface area contributed by atoms with Gasteiger partial charge in [0, 0.05) is 12.6 Å². The molecule has 1 aliphatic rings. The van der Waals surface area contributed by atoms with Crippen LogP contribution in [0.25, 0.3) is 0 Å². The maximum absolute atomic E-state index is 3.66. The van der Waals surface area contributed by atoms with Crippen LogP contribution < -0.4 is 5.32 Å². The molecule has 0 aromatic carbocycles. The summed E-state index contributed by atoms with van der Waals surface area (Å²) in [5.41, 5.74) is 0.688. The molecule has 0 saturated heterocycles. The standard InChI is InChI=1S/C17H35N/c1-4-5-6-7-8-9-10-12-17(13-11-14-17)15-18-16(2)3/h16,18H,4-15H2,1-3H3. The molecule has 0 bridgehead atoms. The molecule has 1 heteroatoms. The molecule has 0 spiro atoms. The quantitative estimate of drug-likeness (QED) is 0.493. The van der Waals surface area contributed by atoms with Crippen molar-refractivity contribution in [2.45, 2.75) is 97.4 Å². The molecule has 18 heavy (non-hydrogen) atoms. The zero-order chi connectivity index (χ0) is 13.3. The van der Waals surface area contributed by atoms with Crippen LogP contribution in [0, 0.1) is 5.41 Å². The van der Waals surface area contributed by atoms with Crippen LogP contribution in [0.2, 0.25) is 0 Å². The zero-order valence-corrected chi connectivity index (χ0v) is 13.1. The van der Waals surface area contributed by atoms with Gasteiger partial charge in [0.2, 0.25) is 0 Å². The smallest absolute Gasteiger partial charge is 0.00106 e. The van der Waals surface area contributed by atoms with Crippen molar-refractivity contribution < 1.29 is 0 Å². The molecule has 0 aromatic rings. The van der Waals surface area contributed by atoms with E-state index in [0.717, 1.165) is 0 Å². The maximum atomic E-state index is 3.66. The van der Waals surface area contributed by atoms with Crippen LogP contribution in [0.3, 0.4) is 0 Å². The Kier molecular flexibility index (Phi) is 7.97. The van der Waals surface area contributed by atoms with Crippen LogP contribution in [-0.4, -0.2) is 12.6 Å². The summed E-state index contributed by atoms with van der Waals surface area (Å²) in [6.07, 6.45) is 16.0. The number of hydrogen-bond donors (Lipinski definition) is 1. The SMILES string of the molecule is CCCCCCCCCC1(CNC(C)C)CCC1. The summed E-state index contributed by atoms with van der Waals surface area (Å²) in [6, 6.07) is 0.650. The van der Waals surface area contributed by atoms with E-state index in [9.17, 15) is 0 Å². The molecule has 0 atom stereocenters. The van der Waals surface area contributed by atoms with Crippen LogP contribution in [0.15, 0.2) is 0 Å². The van der Waals surface area contributed by atoms with Gasteiger partial charge < -0.3 is 5.32 Å². The highest BCUT2D eigenvalue weighted by atomic mass is 14.9. The highest BCUT2D eigenvalue weighted by Gasteiger charge is 2.35. The van der Waals surface area contributed by atoms with E-state index in [1.807, 2.05) is 0 Å². The predicted molar refractivity (Wildman–Crippen MR) is 82.0 cm³/mol. The minimum absolute atomic E-state index is 0.650. The first-order chi connectivity index (χ1) is 8.68. The predicted octanol–water partition coefficient (Wildman–Crippen LogP) is 5.30. The first-order valence-corrected chi connectivity index (χ1v) is 8.42. The second-order valence-corrected chi connectivity index (χ2v) is 6.76. The van der Waals surface area contributed by atoms with Crippen molar-refractivity contribution in [2.75, 3.05) is 6.54 Å². The van der Waals surface area contributed by atoms with E-state index in [1.165, 1.54) is 77.2 Å². The van der Waals surface area contributed by atoms with Crippen molar-refractivity contribution in [1.82, 2.24) is 5.32 Å². The molecule has 1 rings (SSSR count). The summed E-state index contributed by atoms with van der Waals surface area (Å²) in [4.78, 5) is 0. The Bertz CT molecular complexity index is 194. The van der Waals surface area contributed by atoms with Crippen LogP contribution in [0.4, 0.5) is 0 Å². The van der Waals surface area contributed by atoms with Crippen LogP contribution in [0.1, 0.15) is 91.4 Å². The van der Waals surface area contributed by atoms with Crippen molar-refractivity contribution in [1.29, 1.82) is 0 Å². The van der Waals surface area contributed by atoms with Crippen LogP contribution in [-0.2, 0) is 0 Å². The van der Waals surface area contributed by atoms with Gasteiger partial charge in [-0.2, -0.15) is 0 Å². The highest BCUT2D eigenvalue weighted by molar-refractivity contribution is 4.89. The first kappa shape index (κ1) is 16.0. The van der Waals surface area contributed by atoms with Gasteiger partial charge >= 0.3 is 0 Å². The van der Waals surface area contributed by atoms with Crippen LogP contribution in [0.5, 0.6) is 0 Å². The number of unbranched alkanes of at least 4 members (excludes halogenated alkanes) is 6. The number of hydrogen-bond acceptors (Lipinski definition) is 1. The number of rotatable bonds is 11. The van der Waals surface area contributed by atoms with Crippen molar-refractivity contribution in [3.8, 4) is 0 Å². The lowest BCUT2D eigenvalue weighted by Crippen LogP contribution is -2.42. The average Bonchev–Trinajstić information content (AvgIpc) is 2.29. The topological polar surface area (TPSA) is 12.0 Å². The summed E-state index contributed by atoms with van der Waals surface area (Å²) >= 11 is 0. The van der Waals surface area contributed by atoms with E-state index in [-0.39, 0.29) is 0 Å². The fourth-order valence-electron chi connectivity index (χ4n) is 3.07. The van der Waals surface area contributed by atoms with Gasteiger partial charge in [-0.05, 0) is 24.7 Å². The van der Waals surface area contributed by atoms with E-state index in [0.29, 0.717) is 11.5 Å². The van der Waals surface area contributed by atoms with Gasteiger partial charge in [-0.25, -0.2) is 0 Å². The van der Waals surface area contributed by atoms with Crippen molar-refractivity contribution in [3.63, 3.8) is 0 Å². The van der Waals surface area contributed by atoms with Gasteiger partial charge in [0.1, 0.15) is 0 Å². The zero-order valence-electron chi connectivity index (χ0n) is 13.1. The Labute approximate surface area is 115 Å². The molecule has 1 N–H and O–H groups in total. The lowest BCUT2D eigenvalue weighted by atomic mass is 9.65. The molecule has 1 aliphatic carbocycles. The van der Waals surface area contributed by atoms with Gasteiger partial charge in [0.05, 0.1) is 0 Å². The summed E-state index contributed by atoms with van der Waals surface area (Å²) in [5, 5.41) is 3.66. The van der Waals surface area contributed by atoms with E-state index in [1.54, 1.807) is 0 Å². The Morgan fingerprint density at radius 2 is 1.56 bits per heavy atom. The van der Waals surface area contributed by atoms with Gasteiger partial charge in [-0.3, -0.25) is 0 Å². The highest BCUT2D eigenvalue weighted by Crippen LogP contribution is 2.44. The van der Waals surface area contributed by atoms with Crippen molar-refractivity contribution >= 4 is 0 Å². The minimum Gasteiger partial charge on any atom is -0.314 e. The van der Waals surface area contributed by atoms with Gasteiger partial charge in [0.15, 0.2) is 0 Å². The van der Waals surface area contributed by atoms with E-state index >= 15 is 0 Å². The third-order valence-electron chi connectivity index (χ3n) is 4.61. The molecule has 0 unspecified atom stereocenters. The Morgan fingerprint density at radius 1 is 0.944 bits per heavy atom. The fourth-order valence-corrected chi connectivity index (χ4v) is 3.07. The summed E-state index contributed by atoms with van der Waals surface area (Å²) in [7, 11) is 0. The number of nitrogens with one attached hydrogen (secondary N) is 1. The molecule has 0 aromatic heterocycles. The molecular formula is C17H35N. The van der Waals surface area contributed by atoms with E-state index in [2.05, 4.69) is 26.1 Å². The summed E-state index contributed by atoms with van der Waals surface area (Å²) in [5.74, 6) is 0. The lowest BCUT2D eigenvalue weighted by molar-refractivity contribution is 0.109. The lowest BCUT2D eigenvalue weighted by Gasteiger charge is -2.43. The Hall–Kier alpha value is -0.0400. The molecular weight excluding hydrogens is 218 g/mol. The Morgan fingerprint density at radius 3 is 2.06 bits per heavy atom. The minimum atomic E-state index is 0.650. The van der Waals surface area contributed by atoms with Gasteiger partial charge in [0.25, 0.3) is 0 Å². The van der Waals surface area contributed by atoms with E-state index in [4.69, 9.17) is 0 Å². The van der Waals surface area contributed by atoms with Crippen LogP contribution >= 0.6 is 0 Å². The molecule has 1 fully saturated rings. The van der Waals surface area contributed by atoms with Crippen molar-refractivity contribution in [3.05, 3.63) is 0 Å². The summed E-state index contributed by atoms with van der Waals surface area (Å²) < 4.78 is 0. The fraction of sp³-hybridized carbons (Fsp3) is 1.00. The first-order valence-electron chi connectivity index (χ1n) is 8.42. The average molecular weight is 253 g/mol. The monoisotopic (exact) mass is 253 g/mol. The normalized spacial score (nSPS) is 18.0. The molecule has 0 amide bonds. The third kappa shape index (κ3) is 6.22. The molecule has 0 radical (unpaired) electrons.